The smallest absolute Gasteiger partial charge is 0.226 e. The molecule has 7 heteroatoms. The van der Waals surface area contributed by atoms with Crippen molar-refractivity contribution in [1.29, 1.82) is 0 Å². The number of aromatic nitrogens is 1. The zero-order chi connectivity index (χ0) is 19.5. The number of hydrogen-bond donors (Lipinski definition) is 1. The summed E-state index contributed by atoms with van der Waals surface area (Å²) in [5, 5.41) is 4.01. The van der Waals surface area contributed by atoms with Crippen LogP contribution in [0.15, 0.2) is 42.5 Å². The zero-order valence-electron chi connectivity index (χ0n) is 16.0. The summed E-state index contributed by atoms with van der Waals surface area (Å²) in [6.45, 7) is 2.07. The van der Waals surface area contributed by atoms with E-state index in [1.165, 1.54) is 5.56 Å². The maximum atomic E-state index is 12.4. The molecule has 0 spiro atoms. The van der Waals surface area contributed by atoms with Gasteiger partial charge >= 0.3 is 0 Å². The Morgan fingerprint density at radius 3 is 2.57 bits per heavy atom. The number of carbonyl (C=O) groups excluding carboxylic acids is 1. The number of anilines is 1. The molecule has 0 saturated carbocycles. The summed E-state index contributed by atoms with van der Waals surface area (Å²) < 4.78 is 11.5. The van der Waals surface area contributed by atoms with Crippen molar-refractivity contribution in [1.82, 2.24) is 10.3 Å². The van der Waals surface area contributed by atoms with Crippen LogP contribution in [0.1, 0.15) is 5.56 Å². The third-order valence-electron chi connectivity index (χ3n) is 4.98. The van der Waals surface area contributed by atoms with Crippen molar-refractivity contribution in [2.24, 2.45) is 5.92 Å². The van der Waals surface area contributed by atoms with E-state index in [1.54, 1.807) is 25.6 Å². The molecule has 0 radical (unpaired) electrons. The van der Waals surface area contributed by atoms with Crippen LogP contribution < -0.4 is 19.7 Å². The molecule has 1 N–H and O–H groups in total. The van der Waals surface area contributed by atoms with E-state index < -0.39 is 0 Å². The van der Waals surface area contributed by atoms with Gasteiger partial charge in [-0.1, -0.05) is 23.5 Å². The van der Waals surface area contributed by atoms with Crippen molar-refractivity contribution >= 4 is 32.6 Å². The maximum absolute atomic E-state index is 12.4. The van der Waals surface area contributed by atoms with Crippen LogP contribution in [0.4, 0.5) is 5.13 Å². The van der Waals surface area contributed by atoms with E-state index in [0.29, 0.717) is 19.6 Å². The van der Waals surface area contributed by atoms with E-state index in [9.17, 15) is 4.79 Å². The largest absolute Gasteiger partial charge is 0.497 e. The van der Waals surface area contributed by atoms with Crippen LogP contribution in [0.25, 0.3) is 10.2 Å². The quantitative estimate of drug-likeness (QED) is 0.664. The van der Waals surface area contributed by atoms with Crippen LogP contribution in [0.5, 0.6) is 11.5 Å². The number of ether oxygens (including phenoxy) is 2. The number of amides is 1. The van der Waals surface area contributed by atoms with Gasteiger partial charge in [0, 0.05) is 19.6 Å². The molecule has 1 amide bonds. The number of nitrogens with zero attached hydrogens (tertiary/aromatic N) is 2. The molecule has 1 aromatic heterocycles. The highest BCUT2D eigenvalue weighted by Crippen LogP contribution is 2.34. The lowest BCUT2D eigenvalue weighted by atomic mass is 10.00. The average molecular weight is 398 g/mol. The molecule has 0 atom stereocenters. The lowest BCUT2D eigenvalue weighted by molar-refractivity contribution is -0.125. The van der Waals surface area contributed by atoms with E-state index in [4.69, 9.17) is 9.47 Å². The lowest BCUT2D eigenvalue weighted by Gasteiger charge is -2.37. The van der Waals surface area contributed by atoms with Gasteiger partial charge in [-0.3, -0.25) is 4.79 Å². The molecule has 1 aliphatic heterocycles. The second kappa shape index (κ2) is 8.06. The Kier molecular flexibility index (Phi) is 5.34. The summed E-state index contributed by atoms with van der Waals surface area (Å²) in [6, 6.07) is 13.8. The van der Waals surface area contributed by atoms with Gasteiger partial charge in [-0.05, 0) is 42.3 Å². The average Bonchev–Trinajstić information content (AvgIpc) is 3.09. The van der Waals surface area contributed by atoms with Crippen LogP contribution >= 0.6 is 11.3 Å². The topological polar surface area (TPSA) is 63.7 Å². The first-order chi connectivity index (χ1) is 13.7. The minimum atomic E-state index is 0.0254. The number of methoxy groups -OCH3 is 2. The van der Waals surface area contributed by atoms with Gasteiger partial charge in [0.15, 0.2) is 5.13 Å². The second-order valence-electron chi connectivity index (χ2n) is 6.82. The predicted octanol–water partition coefficient (Wildman–Crippen LogP) is 3.11. The van der Waals surface area contributed by atoms with E-state index in [2.05, 4.69) is 15.2 Å². The van der Waals surface area contributed by atoms with Crippen molar-refractivity contribution in [2.45, 2.75) is 6.42 Å². The molecule has 2 aromatic carbocycles. The van der Waals surface area contributed by atoms with Crippen molar-refractivity contribution in [3.8, 4) is 11.5 Å². The van der Waals surface area contributed by atoms with Crippen LogP contribution in [-0.2, 0) is 11.2 Å². The Morgan fingerprint density at radius 1 is 1.14 bits per heavy atom. The summed E-state index contributed by atoms with van der Waals surface area (Å²) in [7, 11) is 3.32. The molecule has 1 fully saturated rings. The molecule has 2 heterocycles. The Labute approximate surface area is 168 Å². The molecule has 28 heavy (non-hydrogen) atoms. The fourth-order valence-electron chi connectivity index (χ4n) is 3.22. The molecule has 0 bridgehead atoms. The summed E-state index contributed by atoms with van der Waals surface area (Å²) in [6.07, 6.45) is 0.811. The molecule has 3 aromatic rings. The van der Waals surface area contributed by atoms with Gasteiger partial charge in [-0.25, -0.2) is 4.98 Å². The molecular formula is C21H23N3O3S. The number of hydrogen-bond acceptors (Lipinski definition) is 6. The summed E-state index contributed by atoms with van der Waals surface area (Å²) >= 11 is 1.64. The molecule has 146 valence electrons. The summed E-state index contributed by atoms with van der Waals surface area (Å²) in [5.74, 6) is 1.82. The first-order valence-corrected chi connectivity index (χ1v) is 10.1. The fraction of sp³-hybridized carbons (Fsp3) is 0.333. The van der Waals surface area contributed by atoms with Gasteiger partial charge in [0.1, 0.15) is 11.5 Å². The van der Waals surface area contributed by atoms with Crippen molar-refractivity contribution < 1.29 is 14.3 Å². The standard InChI is InChI=1S/C21H23N3O3S/c1-26-16-5-3-14(4-6-16)9-10-22-20(25)15-12-24(13-15)21-23-18-8-7-17(27-2)11-19(18)28-21/h3-8,11,15H,9-10,12-13H2,1-2H3,(H,22,25). The predicted molar refractivity (Wildman–Crippen MR) is 112 cm³/mol. The monoisotopic (exact) mass is 397 g/mol. The van der Waals surface area contributed by atoms with Crippen molar-refractivity contribution in [3.05, 3.63) is 48.0 Å². The molecule has 1 aliphatic rings. The highest BCUT2D eigenvalue weighted by molar-refractivity contribution is 7.22. The van der Waals surface area contributed by atoms with Gasteiger partial charge in [0.2, 0.25) is 5.91 Å². The first-order valence-electron chi connectivity index (χ1n) is 9.26. The highest BCUT2D eigenvalue weighted by atomic mass is 32.1. The minimum absolute atomic E-state index is 0.0254. The van der Waals surface area contributed by atoms with Gasteiger partial charge in [0.25, 0.3) is 0 Å². The SMILES string of the molecule is COc1ccc(CCNC(=O)C2CN(c3nc4ccc(OC)cc4s3)C2)cc1. The normalized spacial score (nSPS) is 14.0. The molecular weight excluding hydrogens is 374 g/mol. The Balaban J connectivity index is 1.25. The molecule has 0 aliphatic carbocycles. The summed E-state index contributed by atoms with van der Waals surface area (Å²) in [5.41, 5.74) is 2.15. The molecule has 0 unspecified atom stereocenters. The molecule has 4 rings (SSSR count). The number of nitrogens with one attached hydrogen (secondary N) is 1. The number of thiazole rings is 1. The highest BCUT2D eigenvalue weighted by Gasteiger charge is 2.34. The van der Waals surface area contributed by atoms with Crippen LogP contribution in [0.3, 0.4) is 0 Å². The fourth-order valence-corrected chi connectivity index (χ4v) is 4.23. The van der Waals surface area contributed by atoms with Crippen LogP contribution in [0.2, 0.25) is 0 Å². The molecule has 1 saturated heterocycles. The lowest BCUT2D eigenvalue weighted by Crippen LogP contribution is -2.54. The van der Waals surface area contributed by atoms with E-state index in [1.807, 2.05) is 42.5 Å². The number of benzene rings is 2. The third-order valence-corrected chi connectivity index (χ3v) is 6.06. The van der Waals surface area contributed by atoms with Gasteiger partial charge < -0.3 is 19.7 Å². The molecule has 6 nitrogen and oxygen atoms in total. The Morgan fingerprint density at radius 2 is 1.86 bits per heavy atom. The van der Waals surface area contributed by atoms with Gasteiger partial charge in [-0.15, -0.1) is 0 Å². The Bertz CT molecular complexity index is 965. The zero-order valence-corrected chi connectivity index (χ0v) is 16.8. The van der Waals surface area contributed by atoms with Crippen LogP contribution in [-0.4, -0.2) is 44.7 Å². The number of carbonyl (C=O) groups is 1. The van der Waals surface area contributed by atoms with Gasteiger partial charge in [0.05, 0.1) is 30.4 Å². The van der Waals surface area contributed by atoms with Crippen molar-refractivity contribution in [2.75, 3.05) is 38.8 Å². The first kappa shape index (κ1) is 18.6. The minimum Gasteiger partial charge on any atom is -0.497 e. The van der Waals surface area contributed by atoms with E-state index in [-0.39, 0.29) is 11.8 Å². The maximum Gasteiger partial charge on any atom is 0.226 e. The van der Waals surface area contributed by atoms with E-state index >= 15 is 0 Å². The van der Waals surface area contributed by atoms with Crippen molar-refractivity contribution in [3.63, 3.8) is 0 Å². The number of rotatable bonds is 7. The van der Waals surface area contributed by atoms with Crippen LogP contribution in [0, 0.1) is 5.92 Å². The second-order valence-corrected chi connectivity index (χ2v) is 7.83. The third kappa shape index (κ3) is 3.89. The summed E-state index contributed by atoms with van der Waals surface area (Å²) in [4.78, 5) is 19.2. The van der Waals surface area contributed by atoms with Gasteiger partial charge in [-0.2, -0.15) is 0 Å². The Hall–Kier alpha value is -2.80. The van der Waals surface area contributed by atoms with E-state index in [0.717, 1.165) is 33.3 Å². The number of fused-ring (bicyclic) bond motifs is 1.